The molecule has 0 spiro atoms. The van der Waals surface area contributed by atoms with Gasteiger partial charge in [0.1, 0.15) is 0 Å². The molecule has 1 heterocycles. The van der Waals surface area contributed by atoms with Gasteiger partial charge in [-0.2, -0.15) is 5.10 Å². The monoisotopic (exact) mass is 209 g/mol. The number of aryl methyl sites for hydroxylation is 1. The van der Waals surface area contributed by atoms with Crippen molar-refractivity contribution in [3.8, 4) is 0 Å². The fraction of sp³-hybridized carbons (Fsp3) is 0.750. The number of hydrogen-bond acceptors (Lipinski definition) is 2. The van der Waals surface area contributed by atoms with Gasteiger partial charge in [0.05, 0.1) is 11.2 Å². The van der Waals surface area contributed by atoms with Crippen LogP contribution < -0.4 is 5.32 Å². The van der Waals surface area contributed by atoms with Crippen LogP contribution in [0.1, 0.15) is 51.9 Å². The summed E-state index contributed by atoms with van der Waals surface area (Å²) in [5.41, 5.74) is 2.49. The van der Waals surface area contributed by atoms with Gasteiger partial charge < -0.3 is 5.32 Å². The molecule has 0 aliphatic heterocycles. The summed E-state index contributed by atoms with van der Waals surface area (Å²) in [7, 11) is 0. The Morgan fingerprint density at radius 3 is 2.47 bits per heavy atom. The summed E-state index contributed by atoms with van der Waals surface area (Å²) in [6.45, 7) is 13.9. The molecule has 0 fully saturated rings. The summed E-state index contributed by atoms with van der Waals surface area (Å²) in [5.74, 6) is 0. The topological polar surface area (TPSA) is 29.9 Å². The third-order valence-corrected chi connectivity index (χ3v) is 2.60. The normalized spacial score (nSPS) is 14.3. The second kappa shape index (κ2) is 4.35. The van der Waals surface area contributed by atoms with Gasteiger partial charge in [0, 0.05) is 17.8 Å². The van der Waals surface area contributed by atoms with Crippen LogP contribution in [0.25, 0.3) is 0 Å². The van der Waals surface area contributed by atoms with Crippen LogP contribution in [0.5, 0.6) is 0 Å². The van der Waals surface area contributed by atoms with E-state index in [2.05, 4.69) is 58.2 Å². The average Bonchev–Trinajstić information content (AvgIpc) is 2.47. The summed E-state index contributed by atoms with van der Waals surface area (Å²) in [4.78, 5) is 0. The van der Waals surface area contributed by atoms with Gasteiger partial charge in [0.15, 0.2) is 0 Å². The largest absolute Gasteiger partial charge is 0.310 e. The molecular weight excluding hydrogens is 186 g/mol. The van der Waals surface area contributed by atoms with Gasteiger partial charge in [-0.3, -0.25) is 4.68 Å². The number of rotatable bonds is 3. The Kier molecular flexibility index (Phi) is 3.55. The third-order valence-electron chi connectivity index (χ3n) is 2.60. The Hall–Kier alpha value is -0.830. The molecule has 3 nitrogen and oxygen atoms in total. The highest BCUT2D eigenvalue weighted by molar-refractivity contribution is 5.20. The lowest BCUT2D eigenvalue weighted by Crippen LogP contribution is -2.22. The van der Waals surface area contributed by atoms with Gasteiger partial charge in [-0.1, -0.05) is 6.92 Å². The predicted octanol–water partition coefficient (Wildman–Crippen LogP) is 2.62. The molecule has 0 bridgehead atoms. The van der Waals surface area contributed by atoms with Crippen LogP contribution >= 0.6 is 0 Å². The molecular formula is C12H23N3. The molecule has 3 heteroatoms. The lowest BCUT2D eigenvalue weighted by molar-refractivity contribution is 0.353. The van der Waals surface area contributed by atoms with Crippen molar-refractivity contribution in [1.82, 2.24) is 15.1 Å². The zero-order chi connectivity index (χ0) is 11.6. The summed E-state index contributed by atoms with van der Waals surface area (Å²) in [6, 6.07) is 0.381. The zero-order valence-corrected chi connectivity index (χ0v) is 10.8. The summed E-state index contributed by atoms with van der Waals surface area (Å²) in [5, 5.41) is 7.98. The van der Waals surface area contributed by atoms with Crippen LogP contribution in [0.4, 0.5) is 0 Å². The maximum atomic E-state index is 4.56. The van der Waals surface area contributed by atoms with E-state index in [1.807, 2.05) is 4.68 Å². The smallest absolute Gasteiger partial charge is 0.0641 e. The van der Waals surface area contributed by atoms with Crippen LogP contribution in [-0.2, 0) is 5.54 Å². The van der Waals surface area contributed by atoms with Crippen molar-refractivity contribution >= 4 is 0 Å². The van der Waals surface area contributed by atoms with E-state index in [9.17, 15) is 0 Å². The highest BCUT2D eigenvalue weighted by atomic mass is 15.3. The van der Waals surface area contributed by atoms with E-state index in [0.717, 1.165) is 12.2 Å². The SMILES string of the molecule is CCNC(C)c1cn(C(C)(C)C)nc1C. The molecule has 15 heavy (non-hydrogen) atoms. The second-order valence-electron chi connectivity index (χ2n) is 5.06. The average molecular weight is 209 g/mol. The van der Waals surface area contributed by atoms with E-state index in [1.165, 1.54) is 5.56 Å². The molecule has 0 radical (unpaired) electrons. The third kappa shape index (κ3) is 2.81. The minimum Gasteiger partial charge on any atom is -0.310 e. The first-order valence-corrected chi connectivity index (χ1v) is 5.66. The van der Waals surface area contributed by atoms with E-state index >= 15 is 0 Å². The summed E-state index contributed by atoms with van der Waals surface area (Å²) < 4.78 is 2.05. The molecule has 0 amide bonds. The molecule has 0 saturated carbocycles. The lowest BCUT2D eigenvalue weighted by atomic mass is 10.1. The predicted molar refractivity (Wildman–Crippen MR) is 64.1 cm³/mol. The highest BCUT2D eigenvalue weighted by Gasteiger charge is 2.18. The molecule has 0 aliphatic rings. The second-order valence-corrected chi connectivity index (χ2v) is 5.06. The first-order chi connectivity index (χ1) is 6.86. The van der Waals surface area contributed by atoms with E-state index in [0.29, 0.717) is 6.04 Å². The molecule has 86 valence electrons. The Morgan fingerprint density at radius 2 is 2.07 bits per heavy atom. The standard InChI is InChI=1S/C12H23N3/c1-7-13-9(2)11-8-15(12(4,5)6)14-10(11)3/h8-9,13H,7H2,1-6H3. The van der Waals surface area contributed by atoms with Crippen LogP contribution in [-0.4, -0.2) is 16.3 Å². The maximum absolute atomic E-state index is 4.56. The molecule has 1 N–H and O–H groups in total. The summed E-state index contributed by atoms with van der Waals surface area (Å²) >= 11 is 0. The van der Waals surface area contributed by atoms with Crippen LogP contribution in [0.2, 0.25) is 0 Å². The minimum absolute atomic E-state index is 0.0644. The van der Waals surface area contributed by atoms with Crippen molar-refractivity contribution in [2.75, 3.05) is 6.54 Å². The number of nitrogens with zero attached hydrogens (tertiary/aromatic N) is 2. The Bertz CT molecular complexity index is 320. The van der Waals surface area contributed by atoms with Gasteiger partial charge in [-0.05, 0) is 41.2 Å². The zero-order valence-electron chi connectivity index (χ0n) is 10.8. The van der Waals surface area contributed by atoms with E-state index in [1.54, 1.807) is 0 Å². The number of aromatic nitrogens is 2. The van der Waals surface area contributed by atoms with Crippen LogP contribution in [0.15, 0.2) is 6.20 Å². The van der Waals surface area contributed by atoms with Crippen molar-refractivity contribution in [2.45, 2.75) is 53.1 Å². The van der Waals surface area contributed by atoms with Crippen LogP contribution in [0.3, 0.4) is 0 Å². The van der Waals surface area contributed by atoms with Crippen molar-refractivity contribution in [3.05, 3.63) is 17.5 Å². The minimum atomic E-state index is 0.0644. The van der Waals surface area contributed by atoms with E-state index < -0.39 is 0 Å². The summed E-state index contributed by atoms with van der Waals surface area (Å²) in [6.07, 6.45) is 2.16. The lowest BCUT2D eigenvalue weighted by Gasteiger charge is -2.19. The van der Waals surface area contributed by atoms with Gasteiger partial charge in [-0.25, -0.2) is 0 Å². The number of nitrogens with one attached hydrogen (secondary N) is 1. The quantitative estimate of drug-likeness (QED) is 0.829. The molecule has 1 unspecified atom stereocenters. The molecule has 0 aromatic carbocycles. The van der Waals surface area contributed by atoms with Gasteiger partial charge in [0.2, 0.25) is 0 Å². The van der Waals surface area contributed by atoms with Crippen molar-refractivity contribution in [1.29, 1.82) is 0 Å². The number of hydrogen-bond donors (Lipinski definition) is 1. The fourth-order valence-electron chi connectivity index (χ4n) is 1.66. The highest BCUT2D eigenvalue weighted by Crippen LogP contribution is 2.20. The Morgan fingerprint density at radius 1 is 1.47 bits per heavy atom. The Balaban J connectivity index is 2.96. The van der Waals surface area contributed by atoms with E-state index in [-0.39, 0.29) is 5.54 Å². The first kappa shape index (κ1) is 12.2. The first-order valence-electron chi connectivity index (χ1n) is 5.66. The fourth-order valence-corrected chi connectivity index (χ4v) is 1.66. The molecule has 1 aromatic rings. The van der Waals surface area contributed by atoms with Gasteiger partial charge in [0.25, 0.3) is 0 Å². The van der Waals surface area contributed by atoms with Crippen molar-refractivity contribution in [2.24, 2.45) is 0 Å². The van der Waals surface area contributed by atoms with Crippen LogP contribution in [0, 0.1) is 6.92 Å². The Labute approximate surface area is 92.9 Å². The molecule has 1 aromatic heterocycles. The molecule has 1 rings (SSSR count). The van der Waals surface area contributed by atoms with Crippen molar-refractivity contribution < 1.29 is 0 Å². The molecule has 0 saturated heterocycles. The van der Waals surface area contributed by atoms with Crippen molar-refractivity contribution in [3.63, 3.8) is 0 Å². The van der Waals surface area contributed by atoms with E-state index in [4.69, 9.17) is 0 Å². The maximum Gasteiger partial charge on any atom is 0.0641 e. The van der Waals surface area contributed by atoms with Gasteiger partial charge >= 0.3 is 0 Å². The molecule has 1 atom stereocenters. The van der Waals surface area contributed by atoms with Gasteiger partial charge in [-0.15, -0.1) is 0 Å². The molecule has 0 aliphatic carbocycles.